The minimum Gasteiger partial charge on any atom is -0.415 e. The third kappa shape index (κ3) is 2320. The van der Waals surface area contributed by atoms with Crippen LogP contribution in [-0.2, 0) is 76.7 Å². The first-order chi connectivity index (χ1) is 6.93. The van der Waals surface area contributed by atoms with E-state index in [1.165, 1.54) is 0 Å². The van der Waals surface area contributed by atoms with Gasteiger partial charge in [0, 0.05) is 0 Å². The SMILES string of the molecule is NC(=S)[S-].NC(=S)[S-].NC(=S)[S-].NC(=S)[S-].[Zr+4]. The van der Waals surface area contributed by atoms with Gasteiger partial charge in [0.1, 0.15) is 0 Å². The van der Waals surface area contributed by atoms with Crippen molar-refractivity contribution < 1.29 is 26.2 Å². The van der Waals surface area contributed by atoms with E-state index in [0.29, 0.717) is 0 Å². The Morgan fingerprint density at radius 3 is 0.529 bits per heavy atom. The van der Waals surface area contributed by atoms with Gasteiger partial charge in [0.05, 0.1) is 0 Å². The molecule has 4 nitrogen and oxygen atoms in total. The van der Waals surface area contributed by atoms with E-state index in [-0.39, 0.29) is 43.5 Å². The second kappa shape index (κ2) is 26.0. The van der Waals surface area contributed by atoms with Gasteiger partial charge in [0.2, 0.25) is 0 Å². The Morgan fingerprint density at radius 2 is 0.529 bits per heavy atom. The van der Waals surface area contributed by atoms with Crippen LogP contribution in [-0.4, -0.2) is 17.3 Å². The molecule has 0 aliphatic carbocycles. The van der Waals surface area contributed by atoms with E-state index in [2.05, 4.69) is 122 Å². The van der Waals surface area contributed by atoms with E-state index in [1.54, 1.807) is 0 Å². The molecular formula is C4H8N4S8Zr. The second-order valence-electron chi connectivity index (χ2n) is 1.28. The van der Waals surface area contributed by atoms with Crippen molar-refractivity contribution in [3.8, 4) is 0 Å². The van der Waals surface area contributed by atoms with Gasteiger partial charge in [-0.1, -0.05) is 17.3 Å². The minimum absolute atomic E-state index is 0. The summed E-state index contributed by atoms with van der Waals surface area (Å²) in [6.45, 7) is 0. The Bertz CT molecular complexity index is 170. The molecule has 0 bridgehead atoms. The standard InChI is InChI=1S/4CH3NS2.Zr/c4*2-1(3)4;/h4*(H3,2,3,4);/q;;;;+4/p-4. The van der Waals surface area contributed by atoms with Gasteiger partial charge in [-0.25, -0.2) is 0 Å². The van der Waals surface area contributed by atoms with Crippen molar-refractivity contribution in [2.45, 2.75) is 0 Å². The van der Waals surface area contributed by atoms with Gasteiger partial charge >= 0.3 is 26.2 Å². The van der Waals surface area contributed by atoms with Gasteiger partial charge < -0.3 is 122 Å². The quantitative estimate of drug-likeness (QED) is 0.267. The van der Waals surface area contributed by atoms with Crippen molar-refractivity contribution in [1.29, 1.82) is 0 Å². The molecule has 0 aromatic carbocycles. The molecule has 0 rings (SSSR count). The van der Waals surface area contributed by atoms with E-state index < -0.39 is 0 Å². The summed E-state index contributed by atoms with van der Waals surface area (Å²) in [4.78, 5) is 0. The van der Waals surface area contributed by atoms with Gasteiger partial charge in [-0.2, -0.15) is 0 Å². The molecule has 0 aromatic heterocycles. The summed E-state index contributed by atoms with van der Waals surface area (Å²) in [6, 6.07) is 0. The molecule has 0 aliphatic heterocycles. The third-order valence-electron chi connectivity index (χ3n) is 0. The maximum absolute atomic E-state index is 4.66. The van der Waals surface area contributed by atoms with Crippen molar-refractivity contribution >= 4 is 117 Å². The fourth-order valence-corrected chi connectivity index (χ4v) is 0. The van der Waals surface area contributed by atoms with Crippen molar-refractivity contribution in [2.75, 3.05) is 0 Å². The Labute approximate surface area is 164 Å². The summed E-state index contributed by atoms with van der Waals surface area (Å²) in [7, 11) is 0. The molecular weight excluding hydrogens is 452 g/mol. The van der Waals surface area contributed by atoms with E-state index in [1.807, 2.05) is 0 Å². The Morgan fingerprint density at radius 1 is 0.529 bits per heavy atom. The molecule has 0 atom stereocenters. The van der Waals surface area contributed by atoms with Crippen molar-refractivity contribution in [3.05, 3.63) is 0 Å². The van der Waals surface area contributed by atoms with Gasteiger partial charge in [-0.05, 0) is 0 Å². The molecule has 13 heteroatoms. The maximum Gasteiger partial charge on any atom is 4.00 e. The van der Waals surface area contributed by atoms with Crippen LogP contribution in [0.1, 0.15) is 0 Å². The summed E-state index contributed by atoms with van der Waals surface area (Å²) < 4.78 is 0.333. The number of hydrogen-bond acceptors (Lipinski definition) is 8. The number of hydrogen-bond donors (Lipinski definition) is 4. The zero-order valence-corrected chi connectivity index (χ0v) is 17.1. The van der Waals surface area contributed by atoms with Crippen LogP contribution in [0, 0.1) is 0 Å². The number of rotatable bonds is 0. The van der Waals surface area contributed by atoms with Crippen LogP contribution in [0.25, 0.3) is 0 Å². The molecule has 0 amide bonds. The van der Waals surface area contributed by atoms with Crippen LogP contribution >= 0.6 is 48.9 Å². The molecule has 0 heterocycles. The molecule has 0 unspecified atom stereocenters. The van der Waals surface area contributed by atoms with E-state index >= 15 is 0 Å². The first kappa shape index (κ1) is 31.0. The molecule has 96 valence electrons. The average Bonchev–Trinajstić information content (AvgIpc) is 1.76. The first-order valence-corrected chi connectivity index (χ1v) is 6.05. The van der Waals surface area contributed by atoms with Crippen LogP contribution in [0.2, 0.25) is 0 Å². The molecule has 8 N–H and O–H groups in total. The van der Waals surface area contributed by atoms with Crippen LogP contribution in [0.5, 0.6) is 0 Å². The Balaban J connectivity index is -0.0000000369. The molecule has 0 saturated carbocycles. The minimum atomic E-state index is 0. The van der Waals surface area contributed by atoms with Crippen LogP contribution in [0.3, 0.4) is 0 Å². The van der Waals surface area contributed by atoms with E-state index in [9.17, 15) is 0 Å². The van der Waals surface area contributed by atoms with E-state index in [0.717, 1.165) is 0 Å². The summed E-state index contributed by atoms with van der Waals surface area (Å²) in [6.07, 6.45) is 0. The fraction of sp³-hybridized carbons (Fsp3) is 0. The monoisotopic (exact) mass is 458 g/mol. The molecule has 0 saturated heterocycles. The fourth-order valence-electron chi connectivity index (χ4n) is 0. The largest absolute Gasteiger partial charge is 4.00 e. The molecule has 0 fully saturated rings. The second-order valence-corrected chi connectivity index (χ2v) is 5.83. The van der Waals surface area contributed by atoms with Crippen molar-refractivity contribution in [2.24, 2.45) is 22.9 Å². The predicted molar refractivity (Wildman–Crippen MR) is 96.6 cm³/mol. The molecule has 0 radical (unpaired) electrons. The van der Waals surface area contributed by atoms with Gasteiger partial charge in [-0.15, -0.1) is 0 Å². The molecule has 0 aromatic rings. The summed E-state index contributed by atoms with van der Waals surface area (Å²) in [5.41, 5.74) is 18.6. The summed E-state index contributed by atoms with van der Waals surface area (Å²) in [5.74, 6) is 0. The summed E-state index contributed by atoms with van der Waals surface area (Å²) >= 11 is 33.0. The normalized spacial score (nSPS) is 5.65. The first-order valence-electron chi connectivity index (χ1n) is 2.79. The molecule has 0 spiro atoms. The zero-order chi connectivity index (χ0) is 14.3. The summed E-state index contributed by atoms with van der Waals surface area (Å²) in [5, 5.41) is 0. The topological polar surface area (TPSA) is 104 Å². The van der Waals surface area contributed by atoms with Crippen LogP contribution in [0.4, 0.5) is 0 Å². The van der Waals surface area contributed by atoms with Crippen LogP contribution in [0.15, 0.2) is 0 Å². The van der Waals surface area contributed by atoms with Gasteiger partial charge in [0.15, 0.2) is 0 Å². The number of nitrogens with two attached hydrogens (primary N) is 4. The molecule has 17 heavy (non-hydrogen) atoms. The maximum atomic E-state index is 4.66. The average molecular weight is 460 g/mol. The van der Waals surface area contributed by atoms with Gasteiger partial charge in [-0.3, -0.25) is 0 Å². The zero-order valence-electron chi connectivity index (χ0n) is 8.08. The Kier molecular flexibility index (Phi) is 47.4. The third-order valence-corrected chi connectivity index (χ3v) is 0. The van der Waals surface area contributed by atoms with Crippen molar-refractivity contribution in [3.63, 3.8) is 0 Å². The smallest absolute Gasteiger partial charge is 0.415 e. The molecule has 0 aliphatic rings. The number of thiocarbonyl (C=S) groups is 4. The van der Waals surface area contributed by atoms with Gasteiger partial charge in [0.25, 0.3) is 0 Å². The Hall–Kier alpha value is 1.32. The van der Waals surface area contributed by atoms with Crippen molar-refractivity contribution in [1.82, 2.24) is 0 Å². The predicted octanol–water partition coefficient (Wildman–Crippen LogP) is -0.895. The van der Waals surface area contributed by atoms with Crippen LogP contribution < -0.4 is 22.9 Å². The van der Waals surface area contributed by atoms with E-state index in [4.69, 9.17) is 0 Å².